The van der Waals surface area contributed by atoms with Gasteiger partial charge in [0.2, 0.25) is 0 Å². The van der Waals surface area contributed by atoms with Crippen molar-refractivity contribution in [2.24, 2.45) is 0 Å². The molecule has 2 aliphatic rings. The first kappa shape index (κ1) is 12.2. The van der Waals surface area contributed by atoms with E-state index >= 15 is 0 Å². The minimum atomic E-state index is -0.0965. The number of aliphatic hydroxyl groups excluding tert-OH is 1. The number of nitrogens with zero attached hydrogens (tertiary/aromatic N) is 1. The van der Waals surface area contributed by atoms with Crippen LogP contribution in [0.4, 0.5) is 0 Å². The van der Waals surface area contributed by atoms with Crippen LogP contribution in [0.1, 0.15) is 30.1 Å². The number of aliphatic hydroxyl groups is 1. The highest BCUT2D eigenvalue weighted by Gasteiger charge is 2.25. The summed E-state index contributed by atoms with van der Waals surface area (Å²) in [4.78, 5) is 2.42. The van der Waals surface area contributed by atoms with Crippen molar-refractivity contribution < 1.29 is 9.84 Å². The van der Waals surface area contributed by atoms with Crippen LogP contribution >= 0.6 is 0 Å². The molecule has 0 aromatic heterocycles. The third kappa shape index (κ3) is 2.58. The van der Waals surface area contributed by atoms with Gasteiger partial charge >= 0.3 is 0 Å². The molecular weight excluding hydrogens is 226 g/mol. The summed E-state index contributed by atoms with van der Waals surface area (Å²) in [7, 11) is 0. The monoisotopic (exact) mass is 247 g/mol. The second kappa shape index (κ2) is 5.39. The van der Waals surface area contributed by atoms with Gasteiger partial charge < -0.3 is 14.7 Å². The van der Waals surface area contributed by atoms with Gasteiger partial charge in [-0.15, -0.1) is 0 Å². The molecular formula is C15H21NO2. The highest BCUT2D eigenvalue weighted by Crippen LogP contribution is 2.28. The van der Waals surface area contributed by atoms with E-state index in [1.807, 2.05) is 0 Å². The second-order valence-electron chi connectivity index (χ2n) is 5.34. The van der Waals surface area contributed by atoms with Crippen LogP contribution in [-0.2, 0) is 11.2 Å². The Morgan fingerprint density at radius 3 is 2.83 bits per heavy atom. The maximum Gasteiger partial charge on any atom is 0.0954 e. The van der Waals surface area contributed by atoms with Gasteiger partial charge in [0.1, 0.15) is 0 Å². The lowest BCUT2D eigenvalue weighted by atomic mass is 9.96. The molecule has 1 N–H and O–H groups in total. The van der Waals surface area contributed by atoms with Crippen LogP contribution in [0.5, 0.6) is 0 Å². The summed E-state index contributed by atoms with van der Waals surface area (Å²) < 4.78 is 5.93. The number of hydrogen-bond donors (Lipinski definition) is 1. The van der Waals surface area contributed by atoms with Gasteiger partial charge in [0, 0.05) is 19.6 Å². The third-order valence-corrected chi connectivity index (χ3v) is 4.07. The van der Waals surface area contributed by atoms with E-state index in [1.165, 1.54) is 11.1 Å². The number of ether oxygens (including phenoxy) is 1. The molecule has 3 heteroatoms. The number of rotatable bonds is 2. The molecule has 3 nitrogen and oxygen atoms in total. The smallest absolute Gasteiger partial charge is 0.0954 e. The quantitative estimate of drug-likeness (QED) is 0.864. The summed E-state index contributed by atoms with van der Waals surface area (Å²) in [5, 5.41) is 9.53. The SMILES string of the molecule is OC1CCN(CC2OCCc3ccccc32)CC1. The highest BCUT2D eigenvalue weighted by atomic mass is 16.5. The Labute approximate surface area is 108 Å². The van der Waals surface area contributed by atoms with Gasteiger partial charge in [0.05, 0.1) is 18.8 Å². The van der Waals surface area contributed by atoms with Gasteiger partial charge in [0.25, 0.3) is 0 Å². The molecule has 1 aromatic rings. The van der Waals surface area contributed by atoms with Crippen LogP contribution in [0.25, 0.3) is 0 Å². The third-order valence-electron chi connectivity index (χ3n) is 4.07. The fourth-order valence-corrected chi connectivity index (χ4v) is 2.96. The van der Waals surface area contributed by atoms with Crippen LogP contribution in [0, 0.1) is 0 Å². The molecule has 2 heterocycles. The van der Waals surface area contributed by atoms with Crippen molar-refractivity contribution in [3.63, 3.8) is 0 Å². The Bertz CT molecular complexity index is 399. The van der Waals surface area contributed by atoms with Crippen LogP contribution < -0.4 is 0 Å². The predicted octanol–water partition coefficient (Wildman–Crippen LogP) is 1.76. The normalized spacial score (nSPS) is 25.9. The topological polar surface area (TPSA) is 32.7 Å². The van der Waals surface area contributed by atoms with E-state index in [0.29, 0.717) is 0 Å². The maximum absolute atomic E-state index is 9.53. The summed E-state index contributed by atoms with van der Waals surface area (Å²) in [6, 6.07) is 8.61. The Morgan fingerprint density at radius 2 is 2.00 bits per heavy atom. The van der Waals surface area contributed by atoms with Crippen LogP contribution in [0.3, 0.4) is 0 Å². The summed E-state index contributed by atoms with van der Waals surface area (Å²) in [6.07, 6.45) is 2.94. The first-order valence-electron chi connectivity index (χ1n) is 6.93. The maximum atomic E-state index is 9.53. The summed E-state index contributed by atoms with van der Waals surface area (Å²) >= 11 is 0. The number of fused-ring (bicyclic) bond motifs is 1. The van der Waals surface area contributed by atoms with E-state index in [9.17, 15) is 5.11 Å². The van der Waals surface area contributed by atoms with E-state index in [1.54, 1.807) is 0 Å². The Kier molecular flexibility index (Phi) is 3.64. The first-order valence-corrected chi connectivity index (χ1v) is 6.93. The summed E-state index contributed by atoms with van der Waals surface area (Å²) in [6.45, 7) is 3.77. The zero-order valence-electron chi connectivity index (χ0n) is 10.7. The van der Waals surface area contributed by atoms with Crippen molar-refractivity contribution in [1.29, 1.82) is 0 Å². The fourth-order valence-electron chi connectivity index (χ4n) is 2.96. The van der Waals surface area contributed by atoms with Gasteiger partial charge in [-0.2, -0.15) is 0 Å². The van der Waals surface area contributed by atoms with Crippen molar-refractivity contribution in [3.05, 3.63) is 35.4 Å². The summed E-state index contributed by atoms with van der Waals surface area (Å²) in [5.41, 5.74) is 2.79. The Balaban J connectivity index is 1.67. The lowest BCUT2D eigenvalue weighted by Crippen LogP contribution is -2.39. The number of hydrogen-bond acceptors (Lipinski definition) is 3. The van der Waals surface area contributed by atoms with Gasteiger partial charge in [-0.25, -0.2) is 0 Å². The number of likely N-dealkylation sites (tertiary alicyclic amines) is 1. The molecule has 3 rings (SSSR count). The molecule has 1 fully saturated rings. The largest absolute Gasteiger partial charge is 0.393 e. The van der Waals surface area contributed by atoms with E-state index < -0.39 is 0 Å². The lowest BCUT2D eigenvalue weighted by molar-refractivity contribution is -0.000395. The van der Waals surface area contributed by atoms with E-state index in [2.05, 4.69) is 29.2 Å². The van der Waals surface area contributed by atoms with Crippen molar-refractivity contribution >= 4 is 0 Å². The van der Waals surface area contributed by atoms with Gasteiger partial charge in [-0.1, -0.05) is 24.3 Å². The molecule has 1 unspecified atom stereocenters. The van der Waals surface area contributed by atoms with E-state index in [-0.39, 0.29) is 12.2 Å². The molecule has 18 heavy (non-hydrogen) atoms. The molecule has 0 amide bonds. The van der Waals surface area contributed by atoms with Gasteiger partial charge in [-0.05, 0) is 30.4 Å². The van der Waals surface area contributed by atoms with Crippen molar-refractivity contribution in [2.75, 3.05) is 26.2 Å². The zero-order chi connectivity index (χ0) is 12.4. The van der Waals surface area contributed by atoms with Crippen molar-refractivity contribution in [2.45, 2.75) is 31.5 Å². The van der Waals surface area contributed by atoms with Crippen LogP contribution in [0.15, 0.2) is 24.3 Å². The average Bonchev–Trinajstić information content (AvgIpc) is 2.42. The molecule has 2 aliphatic heterocycles. The molecule has 98 valence electrons. The molecule has 0 spiro atoms. The Morgan fingerprint density at radius 1 is 1.22 bits per heavy atom. The van der Waals surface area contributed by atoms with Gasteiger partial charge in [-0.3, -0.25) is 0 Å². The number of piperidine rings is 1. The van der Waals surface area contributed by atoms with Crippen LogP contribution in [0.2, 0.25) is 0 Å². The molecule has 1 aromatic carbocycles. The average molecular weight is 247 g/mol. The predicted molar refractivity (Wildman–Crippen MR) is 70.5 cm³/mol. The zero-order valence-corrected chi connectivity index (χ0v) is 10.7. The Hall–Kier alpha value is -0.900. The molecule has 1 atom stereocenters. The highest BCUT2D eigenvalue weighted by molar-refractivity contribution is 5.31. The standard InChI is InChI=1S/C15H21NO2/c17-13-5-8-16(9-6-13)11-15-14-4-2-1-3-12(14)7-10-18-15/h1-4,13,15,17H,5-11H2. The van der Waals surface area contributed by atoms with Crippen molar-refractivity contribution in [3.8, 4) is 0 Å². The lowest BCUT2D eigenvalue weighted by Gasteiger charge is -2.34. The molecule has 0 aliphatic carbocycles. The summed E-state index contributed by atoms with van der Waals surface area (Å²) in [5.74, 6) is 0. The fraction of sp³-hybridized carbons (Fsp3) is 0.600. The van der Waals surface area contributed by atoms with E-state index in [4.69, 9.17) is 4.74 Å². The van der Waals surface area contributed by atoms with E-state index in [0.717, 1.165) is 45.5 Å². The van der Waals surface area contributed by atoms with Crippen LogP contribution in [-0.4, -0.2) is 42.4 Å². The second-order valence-corrected chi connectivity index (χ2v) is 5.34. The minimum absolute atomic E-state index is 0.0965. The minimum Gasteiger partial charge on any atom is -0.393 e. The molecule has 0 saturated carbocycles. The first-order chi connectivity index (χ1) is 8.83. The van der Waals surface area contributed by atoms with Gasteiger partial charge in [0.15, 0.2) is 0 Å². The molecule has 0 bridgehead atoms. The van der Waals surface area contributed by atoms with Crippen molar-refractivity contribution in [1.82, 2.24) is 4.90 Å². The molecule has 1 saturated heterocycles. The molecule has 0 radical (unpaired) electrons. The number of benzene rings is 1.